The van der Waals surface area contributed by atoms with E-state index in [1.165, 1.54) is 0 Å². The third-order valence-corrected chi connectivity index (χ3v) is 1.26. The summed E-state index contributed by atoms with van der Waals surface area (Å²) in [5, 5.41) is 0. The first kappa shape index (κ1) is 10.7. The van der Waals surface area contributed by atoms with Crippen molar-refractivity contribution >= 4 is 41.0 Å². The van der Waals surface area contributed by atoms with E-state index in [0.29, 0.717) is 4.43 Å². The van der Waals surface area contributed by atoms with Gasteiger partial charge in [-0.3, -0.25) is 4.79 Å². The molecule has 0 aromatic carbocycles. The molecular weight excluding hydrogens is 223 g/mol. The van der Waals surface area contributed by atoms with Crippen LogP contribution in [0.4, 0.5) is 0 Å². The number of thiol groups is 1. The molecule has 0 heterocycles. The number of carbonyl (C=O) groups is 1. The normalized spacial score (nSPS) is 6.29. The van der Waals surface area contributed by atoms with Crippen LogP contribution in [0.1, 0.15) is 6.92 Å². The van der Waals surface area contributed by atoms with Crippen LogP contribution in [0.3, 0.4) is 0 Å². The van der Waals surface area contributed by atoms with Crippen molar-refractivity contribution in [3.05, 3.63) is 0 Å². The van der Waals surface area contributed by atoms with Gasteiger partial charge < -0.3 is 0 Å². The van der Waals surface area contributed by atoms with Crippen LogP contribution in [-0.2, 0) is 4.79 Å². The van der Waals surface area contributed by atoms with Crippen LogP contribution in [0.5, 0.6) is 0 Å². The van der Waals surface area contributed by atoms with Crippen LogP contribution in [0.15, 0.2) is 0 Å². The summed E-state index contributed by atoms with van der Waals surface area (Å²) in [7, 11) is 0. The molecule has 0 aromatic heterocycles. The zero-order valence-electron chi connectivity index (χ0n) is 4.44. The summed E-state index contributed by atoms with van der Waals surface area (Å²) in [6.07, 6.45) is 1.69. The molecule has 7 heavy (non-hydrogen) atoms. The topological polar surface area (TPSA) is 17.1 Å². The molecule has 0 aliphatic carbocycles. The van der Waals surface area contributed by atoms with Crippen LogP contribution in [0.2, 0.25) is 0 Å². The first-order valence-corrected chi connectivity index (χ1v) is 4.19. The Bertz CT molecular complexity index is 47.0. The van der Waals surface area contributed by atoms with E-state index in [4.69, 9.17) is 0 Å². The molecule has 0 saturated carbocycles. The van der Waals surface area contributed by atoms with Crippen LogP contribution in [-0.4, -0.2) is 16.5 Å². The van der Waals surface area contributed by atoms with E-state index in [1.54, 1.807) is 13.2 Å². The highest BCUT2D eigenvalue weighted by Crippen LogP contribution is 1.77. The second kappa shape index (κ2) is 9.89. The fourth-order valence-corrected chi connectivity index (χ4v) is 0. The Balaban J connectivity index is 0. The van der Waals surface area contributed by atoms with Crippen molar-refractivity contribution in [3.8, 4) is 0 Å². The Labute approximate surface area is 63.4 Å². The van der Waals surface area contributed by atoms with Gasteiger partial charge in [0.15, 0.2) is 0 Å². The van der Waals surface area contributed by atoms with Gasteiger partial charge in [0, 0.05) is 0 Å². The second-order valence-corrected chi connectivity index (χ2v) is 1.60. The molecular formula is C4H9IOS. The molecule has 3 heteroatoms. The van der Waals surface area contributed by atoms with Crippen molar-refractivity contribution in [1.29, 1.82) is 0 Å². The first-order chi connectivity index (χ1) is 3.27. The molecule has 0 rings (SSSR count). The summed E-state index contributed by atoms with van der Waals surface area (Å²) in [5.74, 6) is 0.241. The first-order valence-electron chi connectivity index (χ1n) is 1.77. The predicted octanol–water partition coefficient (Wildman–Crippen LogP) is 1.56. The summed E-state index contributed by atoms with van der Waals surface area (Å²) in [5.41, 5.74) is 0. The standard InChI is InChI=1S/C3H5IO.CH4S/c1-3(5)2-4;1-2/h2H2,1H3;2H,1H3. The Hall–Kier alpha value is 0.750. The smallest absolute Gasteiger partial charge is 0.139 e. The van der Waals surface area contributed by atoms with Crippen molar-refractivity contribution < 1.29 is 4.79 Å². The molecule has 0 atom stereocenters. The fraction of sp³-hybridized carbons (Fsp3) is 0.750. The molecule has 0 bridgehead atoms. The molecule has 0 spiro atoms. The highest BCUT2D eigenvalue weighted by atomic mass is 127. The molecule has 0 N–H and O–H groups in total. The largest absolute Gasteiger partial charge is 0.299 e. The van der Waals surface area contributed by atoms with E-state index < -0.39 is 0 Å². The number of halogens is 1. The van der Waals surface area contributed by atoms with Crippen molar-refractivity contribution in [2.45, 2.75) is 6.92 Å². The average molecular weight is 232 g/mol. The van der Waals surface area contributed by atoms with Crippen LogP contribution in [0, 0.1) is 0 Å². The molecule has 0 radical (unpaired) electrons. The van der Waals surface area contributed by atoms with Gasteiger partial charge in [-0.15, -0.1) is 0 Å². The van der Waals surface area contributed by atoms with E-state index in [2.05, 4.69) is 12.6 Å². The number of ketones is 1. The maximum absolute atomic E-state index is 9.80. The Morgan fingerprint density at radius 2 is 1.86 bits per heavy atom. The van der Waals surface area contributed by atoms with E-state index in [-0.39, 0.29) is 5.78 Å². The SMILES string of the molecule is CC(=O)CI.CS. The average Bonchev–Trinajstić information content (AvgIpc) is 1.73. The maximum atomic E-state index is 9.80. The fourth-order valence-electron chi connectivity index (χ4n) is 0. The Kier molecular flexibility index (Phi) is 15.1. The monoisotopic (exact) mass is 232 g/mol. The number of rotatable bonds is 1. The highest BCUT2D eigenvalue weighted by Gasteiger charge is 1.78. The van der Waals surface area contributed by atoms with E-state index in [0.717, 1.165) is 0 Å². The lowest BCUT2D eigenvalue weighted by Gasteiger charge is -1.69. The van der Waals surface area contributed by atoms with Gasteiger partial charge in [-0.25, -0.2) is 0 Å². The van der Waals surface area contributed by atoms with Gasteiger partial charge in [0.2, 0.25) is 0 Å². The van der Waals surface area contributed by atoms with Crippen molar-refractivity contribution in [2.75, 3.05) is 10.7 Å². The van der Waals surface area contributed by atoms with Gasteiger partial charge in [0.25, 0.3) is 0 Å². The lowest BCUT2D eigenvalue weighted by molar-refractivity contribution is -0.114. The van der Waals surface area contributed by atoms with Gasteiger partial charge in [-0.2, -0.15) is 12.6 Å². The lowest BCUT2D eigenvalue weighted by Crippen LogP contribution is -1.85. The summed E-state index contributed by atoms with van der Waals surface area (Å²) < 4.78 is 0.637. The van der Waals surface area contributed by atoms with E-state index >= 15 is 0 Å². The minimum atomic E-state index is 0.241. The van der Waals surface area contributed by atoms with Crippen LogP contribution >= 0.6 is 35.2 Å². The zero-order chi connectivity index (χ0) is 6.28. The molecule has 1 nitrogen and oxygen atoms in total. The third-order valence-electron chi connectivity index (χ3n) is 0.188. The van der Waals surface area contributed by atoms with Gasteiger partial charge in [-0.05, 0) is 13.2 Å². The summed E-state index contributed by atoms with van der Waals surface area (Å²) >= 11 is 5.56. The van der Waals surface area contributed by atoms with Gasteiger partial charge in [0.1, 0.15) is 5.78 Å². The summed E-state index contributed by atoms with van der Waals surface area (Å²) in [4.78, 5) is 9.80. The second-order valence-electron chi connectivity index (χ2n) is 0.836. The van der Waals surface area contributed by atoms with Gasteiger partial charge >= 0.3 is 0 Å². The molecule has 0 saturated heterocycles. The van der Waals surface area contributed by atoms with Gasteiger partial charge in [0.05, 0.1) is 4.43 Å². The van der Waals surface area contributed by atoms with Crippen LogP contribution in [0.25, 0.3) is 0 Å². The number of alkyl halides is 1. The number of hydrogen-bond donors (Lipinski definition) is 1. The highest BCUT2D eigenvalue weighted by molar-refractivity contribution is 14.1. The zero-order valence-corrected chi connectivity index (χ0v) is 7.49. The van der Waals surface area contributed by atoms with Gasteiger partial charge in [-0.1, -0.05) is 22.6 Å². The van der Waals surface area contributed by atoms with Crippen LogP contribution < -0.4 is 0 Å². The predicted molar refractivity (Wildman–Crippen MR) is 44.5 cm³/mol. The summed E-state index contributed by atoms with van der Waals surface area (Å²) in [6, 6.07) is 0. The molecule has 0 aliphatic heterocycles. The van der Waals surface area contributed by atoms with E-state index in [1.807, 2.05) is 22.6 Å². The van der Waals surface area contributed by atoms with Crippen molar-refractivity contribution in [3.63, 3.8) is 0 Å². The molecule has 0 fully saturated rings. The lowest BCUT2D eigenvalue weighted by atomic mass is 10.5. The van der Waals surface area contributed by atoms with Crippen molar-refractivity contribution in [1.82, 2.24) is 0 Å². The van der Waals surface area contributed by atoms with E-state index in [9.17, 15) is 4.79 Å². The number of hydrogen-bond acceptors (Lipinski definition) is 2. The number of carbonyl (C=O) groups excluding carboxylic acids is 1. The summed E-state index contributed by atoms with van der Waals surface area (Å²) in [6.45, 7) is 1.58. The quantitative estimate of drug-likeness (QED) is 0.412. The molecule has 0 amide bonds. The number of Topliss-reactive ketones (excluding diaryl/α,β-unsaturated/α-hetero) is 1. The minimum absolute atomic E-state index is 0.241. The molecule has 44 valence electrons. The minimum Gasteiger partial charge on any atom is -0.299 e. The molecule has 0 aliphatic rings. The van der Waals surface area contributed by atoms with Crippen molar-refractivity contribution in [2.24, 2.45) is 0 Å². The Morgan fingerprint density at radius 3 is 1.86 bits per heavy atom. The Morgan fingerprint density at radius 1 is 1.71 bits per heavy atom. The molecule has 0 unspecified atom stereocenters. The molecule has 0 aromatic rings. The third kappa shape index (κ3) is 20.1. The maximum Gasteiger partial charge on any atom is 0.139 e.